The molecule has 2 heterocycles. The number of esters is 1. The molecule has 1 amide bonds. The van der Waals surface area contributed by atoms with Gasteiger partial charge in [0.15, 0.2) is 0 Å². The quantitative estimate of drug-likeness (QED) is 0.117. The predicted molar refractivity (Wildman–Crippen MR) is 132 cm³/mol. The minimum Gasteiger partial charge on any atom is -0.459 e. The van der Waals surface area contributed by atoms with Gasteiger partial charge in [-0.05, 0) is 12.7 Å². The molecule has 2 N–H and O–H groups in total. The van der Waals surface area contributed by atoms with E-state index in [9.17, 15) is 14.7 Å². The highest BCUT2D eigenvalue weighted by Crippen LogP contribution is 2.52. The summed E-state index contributed by atoms with van der Waals surface area (Å²) in [7, 11) is 2.97. The van der Waals surface area contributed by atoms with Crippen molar-refractivity contribution in [3.8, 4) is 6.07 Å². The summed E-state index contributed by atoms with van der Waals surface area (Å²) in [5.41, 5.74) is 0. The van der Waals surface area contributed by atoms with Gasteiger partial charge < -0.3 is 38.2 Å². The molecular formula is C19H34B3N2O9P. The first-order valence-electron chi connectivity index (χ1n) is 11.6. The zero-order chi connectivity index (χ0) is 25.1. The second-order valence-corrected chi connectivity index (χ2v) is 10.3. The number of aliphatic hydroxyl groups is 1. The van der Waals surface area contributed by atoms with Gasteiger partial charge >= 0.3 is 5.97 Å². The van der Waals surface area contributed by atoms with Crippen molar-refractivity contribution in [2.75, 3.05) is 26.9 Å². The zero-order valence-electron chi connectivity index (χ0n) is 20.1. The van der Waals surface area contributed by atoms with Crippen LogP contribution in [0.3, 0.4) is 0 Å². The van der Waals surface area contributed by atoms with Crippen LogP contribution in [0.25, 0.3) is 0 Å². The summed E-state index contributed by atoms with van der Waals surface area (Å²) >= 11 is 0. The van der Waals surface area contributed by atoms with Gasteiger partial charge in [-0.1, -0.05) is 0 Å². The largest absolute Gasteiger partial charge is 0.459 e. The summed E-state index contributed by atoms with van der Waals surface area (Å²) < 4.78 is 35.1. The minimum atomic E-state index is -3.16. The van der Waals surface area contributed by atoms with E-state index in [4.69, 9.17) is 33.0 Å². The van der Waals surface area contributed by atoms with E-state index in [1.54, 1.807) is 0 Å². The Morgan fingerprint density at radius 2 is 2.03 bits per heavy atom. The van der Waals surface area contributed by atoms with Gasteiger partial charge in [-0.2, -0.15) is 5.26 Å². The maximum atomic E-state index is 12.2. The fourth-order valence-electron chi connectivity index (χ4n) is 3.82. The van der Waals surface area contributed by atoms with Crippen molar-refractivity contribution in [1.82, 2.24) is 5.32 Å². The Labute approximate surface area is 203 Å². The van der Waals surface area contributed by atoms with Crippen LogP contribution in [0.4, 0.5) is 0 Å². The molecule has 2 aliphatic rings. The first-order valence-corrected chi connectivity index (χ1v) is 13.4. The second kappa shape index (κ2) is 14.3. The molecular weight excluding hydrogens is 464 g/mol. The van der Waals surface area contributed by atoms with Crippen molar-refractivity contribution >= 4 is 48.5 Å². The van der Waals surface area contributed by atoms with Gasteiger partial charge in [0.2, 0.25) is 5.91 Å². The standard InChI is InChI=1S/C19H34B3N2O9P/c1-24-18(26)4-5-19(27)32-12-8-16(20)30-15(12)11-29-34(2,28-7-3-6-23)33-13-9-17(22-21)31-14(13)10-25/h12-17,22,25H,2-5,7-11,20-21H2,1H3,(H,24,26)/t12?,13?,14-,15-,16-,17-,34?/m1/s1. The van der Waals surface area contributed by atoms with E-state index in [2.05, 4.69) is 11.6 Å². The molecule has 0 radical (unpaired) electrons. The van der Waals surface area contributed by atoms with E-state index < -0.39 is 38.0 Å². The van der Waals surface area contributed by atoms with Crippen molar-refractivity contribution < 1.29 is 42.5 Å². The SMILES string of the molecule is BB[C@H]1CC(OP(=C)(OCCC#N)OC[C@H]2O[C@@H](B)CC2OC(=O)CCC(=O)NC)[C@@H](CO)O1. The molecule has 3 unspecified atom stereocenters. The number of amides is 1. The van der Waals surface area contributed by atoms with Gasteiger partial charge in [0.25, 0.3) is 7.57 Å². The maximum Gasteiger partial charge on any atom is 0.306 e. The van der Waals surface area contributed by atoms with Crippen LogP contribution in [0.5, 0.6) is 0 Å². The Morgan fingerprint density at radius 3 is 2.68 bits per heavy atom. The van der Waals surface area contributed by atoms with E-state index in [1.165, 1.54) is 7.05 Å². The average molecular weight is 498 g/mol. The number of carbonyl (C=O) groups is 2. The molecule has 2 saturated heterocycles. The normalized spacial score (nSPS) is 30.3. The number of nitrogens with zero attached hydrogens (tertiary/aromatic N) is 1. The van der Waals surface area contributed by atoms with Crippen molar-refractivity contribution in [3.63, 3.8) is 0 Å². The molecule has 0 aromatic rings. The van der Waals surface area contributed by atoms with E-state index in [0.29, 0.717) is 12.8 Å². The van der Waals surface area contributed by atoms with Crippen LogP contribution in [0.15, 0.2) is 0 Å². The molecule has 0 aliphatic carbocycles. The lowest BCUT2D eigenvalue weighted by molar-refractivity contribution is -0.153. The van der Waals surface area contributed by atoms with Gasteiger partial charge in [0.1, 0.15) is 33.3 Å². The fourth-order valence-corrected chi connectivity index (χ4v) is 5.39. The zero-order valence-corrected chi connectivity index (χ0v) is 21.0. The summed E-state index contributed by atoms with van der Waals surface area (Å²) in [6.07, 6.45) is 3.12. The number of nitriles is 1. The highest BCUT2D eigenvalue weighted by molar-refractivity contribution is 7.59. The van der Waals surface area contributed by atoms with Gasteiger partial charge in [-0.25, -0.2) is 0 Å². The van der Waals surface area contributed by atoms with Gasteiger partial charge in [0.05, 0.1) is 52.6 Å². The summed E-state index contributed by atoms with van der Waals surface area (Å²) in [5, 5.41) is 21.0. The van der Waals surface area contributed by atoms with Crippen molar-refractivity contribution in [1.29, 1.82) is 5.26 Å². The maximum absolute atomic E-state index is 12.2. The number of hydrogen-bond donors (Lipinski definition) is 2. The van der Waals surface area contributed by atoms with E-state index >= 15 is 0 Å². The molecule has 2 rings (SSSR count). The van der Waals surface area contributed by atoms with Crippen LogP contribution in [0, 0.1) is 11.3 Å². The number of hydrogen-bond acceptors (Lipinski definition) is 10. The highest BCUT2D eigenvalue weighted by atomic mass is 31.2. The molecule has 0 bridgehead atoms. The van der Waals surface area contributed by atoms with Crippen molar-refractivity contribution in [3.05, 3.63) is 0 Å². The molecule has 0 aromatic carbocycles. The van der Waals surface area contributed by atoms with Crippen molar-refractivity contribution in [2.24, 2.45) is 0 Å². The Kier molecular flexibility index (Phi) is 12.2. The van der Waals surface area contributed by atoms with Crippen LogP contribution in [0.1, 0.15) is 32.1 Å². The number of ether oxygens (including phenoxy) is 3. The molecule has 15 heteroatoms. The number of rotatable bonds is 14. The molecule has 0 spiro atoms. The highest BCUT2D eigenvalue weighted by Gasteiger charge is 2.40. The summed E-state index contributed by atoms with van der Waals surface area (Å²) in [6, 6.07) is 1.80. The molecule has 7 atom stereocenters. The Bertz CT molecular complexity index is 772. The first kappa shape index (κ1) is 28.9. The molecule has 2 fully saturated rings. The van der Waals surface area contributed by atoms with E-state index in [1.807, 2.05) is 21.7 Å². The predicted octanol–water partition coefficient (Wildman–Crippen LogP) is -2.21. The third kappa shape index (κ3) is 9.04. The molecule has 11 nitrogen and oxygen atoms in total. The van der Waals surface area contributed by atoms with Gasteiger partial charge in [-0.3, -0.25) is 9.59 Å². The van der Waals surface area contributed by atoms with Crippen molar-refractivity contribution in [2.45, 2.75) is 68.5 Å². The lowest BCUT2D eigenvalue weighted by atomic mass is 9.51. The molecule has 188 valence electrons. The van der Waals surface area contributed by atoms with Crippen LogP contribution in [-0.2, 0) is 37.4 Å². The Hall–Kier alpha value is -1.32. The Morgan fingerprint density at radius 1 is 1.26 bits per heavy atom. The van der Waals surface area contributed by atoms with E-state index in [0.717, 1.165) is 7.17 Å². The first-order chi connectivity index (χ1) is 16.2. The molecule has 0 saturated carbocycles. The van der Waals surface area contributed by atoms with Crippen LogP contribution >= 0.6 is 7.57 Å². The smallest absolute Gasteiger partial charge is 0.306 e. The summed E-state index contributed by atoms with van der Waals surface area (Å²) in [4.78, 5) is 23.6. The lowest BCUT2D eigenvalue weighted by Gasteiger charge is -2.30. The number of carbonyl (C=O) groups excluding carboxylic acids is 2. The summed E-state index contributed by atoms with van der Waals surface area (Å²) in [6.45, 7) is -0.144. The average Bonchev–Trinajstić information content (AvgIpc) is 3.37. The van der Waals surface area contributed by atoms with Crippen LogP contribution < -0.4 is 5.32 Å². The number of nitrogens with one attached hydrogen (secondary N) is 1. The monoisotopic (exact) mass is 498 g/mol. The minimum absolute atomic E-state index is 0.00383. The van der Waals surface area contributed by atoms with Gasteiger partial charge in [-0.15, -0.1) is 0 Å². The molecule has 34 heavy (non-hydrogen) atoms. The topological polar surface area (TPSA) is 146 Å². The molecule has 0 aromatic heterocycles. The van der Waals surface area contributed by atoms with Crippen LogP contribution in [-0.4, -0.2) is 109 Å². The van der Waals surface area contributed by atoms with Gasteiger partial charge in [0, 0.05) is 31.9 Å². The second-order valence-electron chi connectivity index (χ2n) is 8.34. The fraction of sp³-hybridized carbons (Fsp3) is 0.789. The third-order valence-corrected chi connectivity index (χ3v) is 7.36. The Balaban J connectivity index is 2.00. The number of aliphatic hydroxyl groups excluding tert-OH is 1. The lowest BCUT2D eigenvalue weighted by Crippen LogP contribution is -2.32. The summed E-state index contributed by atoms with van der Waals surface area (Å²) in [5.74, 6) is -0.735. The van der Waals surface area contributed by atoms with E-state index in [-0.39, 0.29) is 57.0 Å². The third-order valence-electron chi connectivity index (χ3n) is 5.65. The molecule has 2 aliphatic heterocycles. The van der Waals surface area contributed by atoms with Crippen LogP contribution in [0.2, 0.25) is 0 Å².